The third-order valence-electron chi connectivity index (χ3n) is 3.46. The van der Waals surface area contributed by atoms with Crippen molar-refractivity contribution >= 4 is 29.9 Å². The zero-order valence-electron chi connectivity index (χ0n) is 13.5. The fraction of sp³-hybridized carbons (Fsp3) is 0.600. The predicted octanol–water partition coefficient (Wildman–Crippen LogP) is 0.835. The number of morpholine rings is 1. The largest absolute Gasteiger partial charge is 0.481 e. The summed E-state index contributed by atoms with van der Waals surface area (Å²) in [6.45, 7) is 6.03. The summed E-state index contributed by atoms with van der Waals surface area (Å²) in [7, 11) is 1.60. The van der Waals surface area contributed by atoms with E-state index in [0.717, 1.165) is 51.5 Å². The molecule has 0 bridgehead atoms. The summed E-state index contributed by atoms with van der Waals surface area (Å²) < 4.78 is 10.4. The Morgan fingerprint density at radius 1 is 1.43 bits per heavy atom. The van der Waals surface area contributed by atoms with Crippen molar-refractivity contribution in [2.24, 2.45) is 10.7 Å². The van der Waals surface area contributed by atoms with Gasteiger partial charge in [0, 0.05) is 25.7 Å². The van der Waals surface area contributed by atoms with Crippen LogP contribution in [0.25, 0.3) is 0 Å². The fourth-order valence-corrected chi connectivity index (χ4v) is 2.23. The van der Waals surface area contributed by atoms with Crippen molar-refractivity contribution < 1.29 is 9.47 Å². The number of nitrogens with one attached hydrogen (secondary N) is 1. The molecule has 23 heavy (non-hydrogen) atoms. The highest BCUT2D eigenvalue weighted by Crippen LogP contribution is 2.07. The monoisotopic (exact) mass is 435 g/mol. The smallest absolute Gasteiger partial charge is 0.213 e. The quantitative estimate of drug-likeness (QED) is 0.286. The first-order valence-corrected chi connectivity index (χ1v) is 7.62. The number of pyridine rings is 1. The van der Waals surface area contributed by atoms with Gasteiger partial charge in [-0.15, -0.1) is 24.0 Å². The van der Waals surface area contributed by atoms with Crippen LogP contribution in [0.1, 0.15) is 12.1 Å². The standard InChI is InChI=1S/C15H25N5O2.HI/c1-21-14-5-2-4-13(19-14)12-18-15(16)17-6-3-7-20-8-10-22-11-9-20;/h2,4-5H,3,6-12H2,1H3,(H3,16,17,18);1H. The fourth-order valence-electron chi connectivity index (χ4n) is 2.23. The van der Waals surface area contributed by atoms with Crippen molar-refractivity contribution in [3.8, 4) is 5.88 Å². The first-order chi connectivity index (χ1) is 10.8. The Hall–Kier alpha value is -1.13. The molecule has 1 aromatic heterocycles. The van der Waals surface area contributed by atoms with Gasteiger partial charge in [0.15, 0.2) is 5.96 Å². The Morgan fingerprint density at radius 2 is 2.22 bits per heavy atom. The number of halogens is 1. The van der Waals surface area contributed by atoms with Gasteiger partial charge < -0.3 is 20.5 Å². The Balaban J connectivity index is 0.00000264. The van der Waals surface area contributed by atoms with Crippen LogP contribution in [0, 0.1) is 0 Å². The predicted molar refractivity (Wildman–Crippen MR) is 101 cm³/mol. The van der Waals surface area contributed by atoms with Crippen LogP contribution in [-0.4, -0.2) is 62.3 Å². The SMILES string of the molecule is COc1cccc(CN=C(N)NCCCN2CCOCC2)n1.I. The summed E-state index contributed by atoms with van der Waals surface area (Å²) >= 11 is 0. The summed E-state index contributed by atoms with van der Waals surface area (Å²) in [5.74, 6) is 1.04. The van der Waals surface area contributed by atoms with Crippen molar-refractivity contribution in [1.82, 2.24) is 15.2 Å². The Morgan fingerprint density at radius 3 is 2.96 bits per heavy atom. The number of hydrogen-bond acceptors (Lipinski definition) is 5. The highest BCUT2D eigenvalue weighted by atomic mass is 127. The molecule has 2 rings (SSSR count). The number of rotatable bonds is 7. The molecule has 0 aliphatic carbocycles. The molecule has 0 spiro atoms. The van der Waals surface area contributed by atoms with Gasteiger partial charge in [0.05, 0.1) is 32.6 Å². The van der Waals surface area contributed by atoms with Crippen molar-refractivity contribution in [1.29, 1.82) is 0 Å². The first kappa shape index (κ1) is 19.9. The van der Waals surface area contributed by atoms with Gasteiger partial charge in [-0.25, -0.2) is 9.98 Å². The maximum absolute atomic E-state index is 5.86. The number of nitrogens with zero attached hydrogens (tertiary/aromatic N) is 3. The lowest BCUT2D eigenvalue weighted by Crippen LogP contribution is -2.39. The molecule has 0 saturated carbocycles. The van der Waals surface area contributed by atoms with E-state index >= 15 is 0 Å². The van der Waals surface area contributed by atoms with E-state index in [-0.39, 0.29) is 24.0 Å². The molecule has 0 unspecified atom stereocenters. The van der Waals surface area contributed by atoms with E-state index < -0.39 is 0 Å². The van der Waals surface area contributed by atoms with Gasteiger partial charge in [-0.3, -0.25) is 4.90 Å². The highest BCUT2D eigenvalue weighted by Gasteiger charge is 2.08. The molecule has 0 radical (unpaired) electrons. The lowest BCUT2D eigenvalue weighted by molar-refractivity contribution is 0.0376. The van der Waals surface area contributed by atoms with Crippen LogP contribution < -0.4 is 15.8 Å². The number of aliphatic imine (C=N–C) groups is 1. The molecule has 0 amide bonds. The third kappa shape index (κ3) is 7.80. The normalized spacial score (nSPS) is 15.8. The Bertz CT molecular complexity index is 481. The number of ether oxygens (including phenoxy) is 2. The molecule has 1 saturated heterocycles. The van der Waals surface area contributed by atoms with Crippen LogP contribution in [0.2, 0.25) is 0 Å². The van der Waals surface area contributed by atoms with Gasteiger partial charge in [-0.05, 0) is 19.0 Å². The number of hydrogen-bond donors (Lipinski definition) is 2. The van der Waals surface area contributed by atoms with E-state index in [2.05, 4.69) is 20.2 Å². The van der Waals surface area contributed by atoms with Crippen molar-refractivity contribution in [3.63, 3.8) is 0 Å². The molecule has 130 valence electrons. The molecular weight excluding hydrogens is 409 g/mol. The van der Waals surface area contributed by atoms with E-state index in [1.165, 1.54) is 0 Å². The van der Waals surface area contributed by atoms with Crippen molar-refractivity contribution in [2.45, 2.75) is 13.0 Å². The maximum atomic E-state index is 5.86. The third-order valence-corrected chi connectivity index (χ3v) is 3.46. The van der Waals surface area contributed by atoms with Crippen LogP contribution >= 0.6 is 24.0 Å². The summed E-state index contributed by atoms with van der Waals surface area (Å²) in [6.07, 6.45) is 1.04. The minimum Gasteiger partial charge on any atom is -0.481 e. The van der Waals surface area contributed by atoms with Gasteiger partial charge in [0.1, 0.15) is 0 Å². The van der Waals surface area contributed by atoms with Gasteiger partial charge in [0.25, 0.3) is 0 Å². The molecule has 1 aliphatic heterocycles. The lowest BCUT2D eigenvalue weighted by atomic mass is 10.3. The summed E-state index contributed by atoms with van der Waals surface area (Å²) in [5.41, 5.74) is 6.69. The van der Waals surface area contributed by atoms with Gasteiger partial charge >= 0.3 is 0 Å². The molecule has 0 atom stereocenters. The van der Waals surface area contributed by atoms with Crippen LogP contribution in [0.5, 0.6) is 5.88 Å². The second kappa shape index (κ2) is 11.4. The topological polar surface area (TPSA) is 85.0 Å². The first-order valence-electron chi connectivity index (χ1n) is 7.62. The van der Waals surface area contributed by atoms with Crippen molar-refractivity contribution in [3.05, 3.63) is 23.9 Å². The van der Waals surface area contributed by atoms with E-state index in [4.69, 9.17) is 15.2 Å². The van der Waals surface area contributed by atoms with E-state index in [0.29, 0.717) is 18.4 Å². The molecule has 7 nitrogen and oxygen atoms in total. The van der Waals surface area contributed by atoms with Crippen LogP contribution in [0.4, 0.5) is 0 Å². The summed E-state index contributed by atoms with van der Waals surface area (Å²) in [4.78, 5) is 11.0. The van der Waals surface area contributed by atoms with Gasteiger partial charge in [-0.2, -0.15) is 0 Å². The molecule has 1 aliphatic rings. The van der Waals surface area contributed by atoms with Gasteiger partial charge in [-0.1, -0.05) is 6.07 Å². The minimum atomic E-state index is 0. The summed E-state index contributed by atoms with van der Waals surface area (Å²) in [6, 6.07) is 5.60. The molecule has 1 fully saturated rings. The van der Waals surface area contributed by atoms with E-state index in [1.807, 2.05) is 12.1 Å². The molecular formula is C15H26IN5O2. The lowest BCUT2D eigenvalue weighted by Gasteiger charge is -2.26. The second-order valence-corrected chi connectivity index (χ2v) is 5.11. The molecule has 3 N–H and O–H groups in total. The molecule has 0 aromatic carbocycles. The van der Waals surface area contributed by atoms with Crippen LogP contribution in [0.15, 0.2) is 23.2 Å². The zero-order valence-corrected chi connectivity index (χ0v) is 15.9. The number of guanidine groups is 1. The minimum absolute atomic E-state index is 0. The Kier molecular flexibility index (Phi) is 9.88. The van der Waals surface area contributed by atoms with Crippen molar-refractivity contribution in [2.75, 3.05) is 46.5 Å². The molecule has 1 aromatic rings. The average molecular weight is 435 g/mol. The second-order valence-electron chi connectivity index (χ2n) is 5.11. The number of aromatic nitrogens is 1. The average Bonchev–Trinajstić information content (AvgIpc) is 2.58. The van der Waals surface area contributed by atoms with Crippen LogP contribution in [-0.2, 0) is 11.3 Å². The Labute approximate surface area is 154 Å². The highest BCUT2D eigenvalue weighted by molar-refractivity contribution is 14.0. The molecule has 2 heterocycles. The molecule has 8 heteroatoms. The van der Waals surface area contributed by atoms with Gasteiger partial charge in [0.2, 0.25) is 5.88 Å². The zero-order chi connectivity index (χ0) is 15.6. The number of nitrogens with two attached hydrogens (primary N) is 1. The van der Waals surface area contributed by atoms with E-state index in [9.17, 15) is 0 Å². The maximum Gasteiger partial charge on any atom is 0.213 e. The van der Waals surface area contributed by atoms with Crippen LogP contribution in [0.3, 0.4) is 0 Å². The number of methoxy groups -OCH3 is 1. The summed E-state index contributed by atoms with van der Waals surface area (Å²) in [5, 5.41) is 3.13. The van der Waals surface area contributed by atoms with E-state index in [1.54, 1.807) is 13.2 Å².